The van der Waals surface area contributed by atoms with E-state index in [1.54, 1.807) is 0 Å². The number of aryl methyl sites for hydroxylation is 1. The molecule has 0 saturated heterocycles. The van der Waals surface area contributed by atoms with Crippen LogP contribution in [0, 0.1) is 17.0 Å². The molecule has 0 fully saturated rings. The molecule has 0 aliphatic carbocycles. The Bertz CT molecular complexity index is 343. The summed E-state index contributed by atoms with van der Waals surface area (Å²) in [5.74, 6) is -1.65. The van der Waals surface area contributed by atoms with E-state index >= 15 is 0 Å². The lowest BCUT2D eigenvalue weighted by Crippen LogP contribution is -2.01. The topological polar surface area (TPSA) is 93.3 Å². The highest BCUT2D eigenvalue weighted by molar-refractivity contribution is 5.88. The van der Waals surface area contributed by atoms with Crippen molar-refractivity contribution in [2.75, 3.05) is 0 Å². The fourth-order valence-electron chi connectivity index (χ4n) is 0.868. The lowest BCUT2D eigenvalue weighted by Gasteiger charge is -1.95. The van der Waals surface area contributed by atoms with Crippen LogP contribution in [0.1, 0.15) is 16.1 Å². The number of aromatic nitrogens is 1. The molecule has 0 radical (unpaired) electrons. The van der Waals surface area contributed by atoms with Gasteiger partial charge in [0.1, 0.15) is 0 Å². The van der Waals surface area contributed by atoms with Gasteiger partial charge < -0.3 is 15.2 Å². The van der Waals surface area contributed by atoms with Crippen molar-refractivity contribution in [3.63, 3.8) is 0 Å². The third-order valence-corrected chi connectivity index (χ3v) is 1.37. The van der Waals surface area contributed by atoms with E-state index in [-0.39, 0.29) is 5.56 Å². The van der Waals surface area contributed by atoms with Crippen molar-refractivity contribution in [3.05, 3.63) is 33.5 Å². The van der Waals surface area contributed by atoms with E-state index in [0.717, 1.165) is 6.07 Å². The molecule has 1 aromatic rings. The van der Waals surface area contributed by atoms with Crippen LogP contribution >= 0.6 is 0 Å². The molecule has 0 saturated carbocycles. The molecule has 0 unspecified atom stereocenters. The molecular formula is C7H6N2O4. The molecule has 1 N–H and O–H groups in total. The molecule has 0 spiro atoms. The van der Waals surface area contributed by atoms with E-state index in [2.05, 4.69) is 4.98 Å². The minimum atomic E-state index is -1.20. The van der Waals surface area contributed by atoms with Crippen molar-refractivity contribution in [2.45, 2.75) is 6.92 Å². The lowest BCUT2D eigenvalue weighted by molar-refractivity contribution is -0.389. The summed E-state index contributed by atoms with van der Waals surface area (Å²) in [5, 5.41) is 18.8. The molecule has 6 heteroatoms. The average molecular weight is 182 g/mol. The Labute approximate surface area is 73.0 Å². The SMILES string of the molecule is Cc1cc(C(=O)O)cc([N+](=O)[O-])n1. The van der Waals surface area contributed by atoms with Crippen molar-refractivity contribution in [2.24, 2.45) is 0 Å². The van der Waals surface area contributed by atoms with Crippen LogP contribution < -0.4 is 0 Å². The molecule has 13 heavy (non-hydrogen) atoms. The van der Waals surface area contributed by atoms with Crippen LogP contribution in [0.25, 0.3) is 0 Å². The van der Waals surface area contributed by atoms with Crippen LogP contribution in [0.15, 0.2) is 12.1 Å². The third-order valence-electron chi connectivity index (χ3n) is 1.37. The Kier molecular flexibility index (Phi) is 2.23. The van der Waals surface area contributed by atoms with Gasteiger partial charge in [-0.3, -0.25) is 0 Å². The number of aromatic carboxylic acids is 1. The number of carbonyl (C=O) groups is 1. The quantitative estimate of drug-likeness (QED) is 0.543. The maximum Gasteiger partial charge on any atom is 0.364 e. The maximum atomic E-state index is 10.5. The molecule has 1 aromatic heterocycles. The van der Waals surface area contributed by atoms with E-state index in [9.17, 15) is 14.9 Å². The second-order valence-electron chi connectivity index (χ2n) is 2.42. The van der Waals surface area contributed by atoms with Gasteiger partial charge in [0.2, 0.25) is 0 Å². The van der Waals surface area contributed by atoms with E-state index in [4.69, 9.17) is 5.11 Å². The van der Waals surface area contributed by atoms with Gasteiger partial charge in [-0.05, 0) is 16.0 Å². The molecule has 0 amide bonds. The molecule has 0 bridgehead atoms. The maximum absolute atomic E-state index is 10.5. The molecule has 6 nitrogen and oxygen atoms in total. The minimum absolute atomic E-state index is 0.126. The highest BCUT2D eigenvalue weighted by Crippen LogP contribution is 2.11. The Morgan fingerprint density at radius 3 is 2.69 bits per heavy atom. The summed E-state index contributed by atoms with van der Waals surface area (Å²) < 4.78 is 0. The predicted octanol–water partition coefficient (Wildman–Crippen LogP) is 0.996. The number of carboxylic acids is 1. The normalized spacial score (nSPS) is 9.62. The van der Waals surface area contributed by atoms with Gasteiger partial charge in [0.15, 0.2) is 5.69 Å². The van der Waals surface area contributed by atoms with Crippen molar-refractivity contribution < 1.29 is 14.8 Å². The number of rotatable bonds is 2. The van der Waals surface area contributed by atoms with Crippen molar-refractivity contribution >= 4 is 11.8 Å². The number of nitrogens with zero attached hydrogens (tertiary/aromatic N) is 2. The zero-order valence-corrected chi connectivity index (χ0v) is 6.72. The van der Waals surface area contributed by atoms with Gasteiger partial charge in [0.05, 0.1) is 11.6 Å². The second-order valence-corrected chi connectivity index (χ2v) is 2.42. The first-order valence-electron chi connectivity index (χ1n) is 3.37. The van der Waals surface area contributed by atoms with E-state index in [1.807, 2.05) is 0 Å². The van der Waals surface area contributed by atoms with Crippen LogP contribution in [-0.4, -0.2) is 21.0 Å². The van der Waals surface area contributed by atoms with Crippen LogP contribution in [-0.2, 0) is 0 Å². The molecule has 68 valence electrons. The molecule has 1 heterocycles. The molecule has 0 aromatic carbocycles. The van der Waals surface area contributed by atoms with Gasteiger partial charge in [-0.1, -0.05) is 0 Å². The predicted molar refractivity (Wildman–Crippen MR) is 42.6 cm³/mol. The van der Waals surface area contributed by atoms with Crippen molar-refractivity contribution in [1.82, 2.24) is 4.98 Å². The van der Waals surface area contributed by atoms with Gasteiger partial charge in [-0.2, -0.15) is 0 Å². The first-order valence-corrected chi connectivity index (χ1v) is 3.37. The highest BCUT2D eigenvalue weighted by Gasteiger charge is 2.14. The van der Waals surface area contributed by atoms with Crippen LogP contribution in [0.3, 0.4) is 0 Å². The number of hydrogen-bond donors (Lipinski definition) is 1. The third kappa shape index (κ3) is 1.98. The fourth-order valence-corrected chi connectivity index (χ4v) is 0.868. The van der Waals surface area contributed by atoms with Gasteiger partial charge in [0.25, 0.3) is 0 Å². The highest BCUT2D eigenvalue weighted by atomic mass is 16.6. The Hall–Kier alpha value is -1.98. The zero-order valence-electron chi connectivity index (χ0n) is 6.72. The summed E-state index contributed by atoms with van der Waals surface area (Å²) in [6.45, 7) is 1.50. The fraction of sp³-hybridized carbons (Fsp3) is 0.143. The minimum Gasteiger partial charge on any atom is -0.478 e. The smallest absolute Gasteiger partial charge is 0.364 e. The van der Waals surface area contributed by atoms with Gasteiger partial charge in [-0.15, -0.1) is 0 Å². The number of pyridine rings is 1. The van der Waals surface area contributed by atoms with E-state index < -0.39 is 16.7 Å². The molecule has 0 aliphatic heterocycles. The summed E-state index contributed by atoms with van der Waals surface area (Å²) in [5.41, 5.74) is 0.186. The number of carboxylic acid groups (broad SMARTS) is 1. The summed E-state index contributed by atoms with van der Waals surface area (Å²) in [6.07, 6.45) is 0. The first kappa shape index (κ1) is 9.11. The van der Waals surface area contributed by atoms with Crippen molar-refractivity contribution in [1.29, 1.82) is 0 Å². The standard InChI is InChI=1S/C7H6N2O4/c1-4-2-5(7(10)11)3-6(8-4)9(12)13/h2-3H,1H3,(H,10,11). The van der Waals surface area contributed by atoms with Crippen LogP contribution in [0.5, 0.6) is 0 Å². The van der Waals surface area contributed by atoms with Gasteiger partial charge in [0, 0.05) is 6.92 Å². The Morgan fingerprint density at radius 1 is 1.62 bits per heavy atom. The van der Waals surface area contributed by atoms with Crippen LogP contribution in [0.4, 0.5) is 5.82 Å². The Morgan fingerprint density at radius 2 is 2.23 bits per heavy atom. The molecule has 0 aliphatic rings. The van der Waals surface area contributed by atoms with Gasteiger partial charge >= 0.3 is 11.8 Å². The van der Waals surface area contributed by atoms with E-state index in [1.165, 1.54) is 13.0 Å². The summed E-state index contributed by atoms with van der Waals surface area (Å²) in [6, 6.07) is 2.20. The molecule has 0 atom stereocenters. The van der Waals surface area contributed by atoms with E-state index in [0.29, 0.717) is 5.69 Å². The van der Waals surface area contributed by atoms with Gasteiger partial charge in [-0.25, -0.2) is 4.79 Å². The summed E-state index contributed by atoms with van der Waals surface area (Å²) in [7, 11) is 0. The lowest BCUT2D eigenvalue weighted by atomic mass is 10.2. The zero-order chi connectivity index (χ0) is 10.0. The van der Waals surface area contributed by atoms with Crippen molar-refractivity contribution in [3.8, 4) is 0 Å². The number of hydrogen-bond acceptors (Lipinski definition) is 4. The molecule has 1 rings (SSSR count). The average Bonchev–Trinajstić information content (AvgIpc) is 2.03. The number of nitro groups is 1. The summed E-state index contributed by atoms with van der Waals surface area (Å²) in [4.78, 5) is 23.6. The first-order chi connectivity index (χ1) is 6.00. The summed E-state index contributed by atoms with van der Waals surface area (Å²) >= 11 is 0. The second kappa shape index (κ2) is 3.18. The Balaban J connectivity index is 3.26. The van der Waals surface area contributed by atoms with Crippen LogP contribution in [0.2, 0.25) is 0 Å². The largest absolute Gasteiger partial charge is 0.478 e. The molecular weight excluding hydrogens is 176 g/mol. The monoisotopic (exact) mass is 182 g/mol.